The molecule has 2 aromatic rings. The summed E-state index contributed by atoms with van der Waals surface area (Å²) in [6.45, 7) is 4.08. The van der Waals surface area contributed by atoms with Crippen molar-refractivity contribution in [1.29, 1.82) is 0 Å². The summed E-state index contributed by atoms with van der Waals surface area (Å²) in [6.07, 6.45) is 0. The molecular weight excluding hydrogens is 261 g/mol. The molecule has 0 bridgehead atoms. The van der Waals surface area contributed by atoms with Crippen LogP contribution >= 0.6 is 27.5 Å². The number of rotatable bonds is 0. The Kier molecular flexibility index (Phi) is 2.50. The molecule has 0 atom stereocenters. The van der Waals surface area contributed by atoms with Crippen LogP contribution < -0.4 is 0 Å². The van der Waals surface area contributed by atoms with E-state index in [-0.39, 0.29) is 0 Å². The van der Waals surface area contributed by atoms with Crippen LogP contribution in [-0.4, -0.2) is 4.98 Å². The topological polar surface area (TPSA) is 12.9 Å². The Hall–Kier alpha value is -0.600. The van der Waals surface area contributed by atoms with Crippen LogP contribution in [0.4, 0.5) is 0 Å². The fourth-order valence-electron chi connectivity index (χ4n) is 1.53. The molecule has 1 heterocycles. The van der Waals surface area contributed by atoms with Gasteiger partial charge in [-0.15, -0.1) is 0 Å². The zero-order chi connectivity index (χ0) is 10.3. The van der Waals surface area contributed by atoms with E-state index in [9.17, 15) is 0 Å². The van der Waals surface area contributed by atoms with Crippen molar-refractivity contribution >= 4 is 38.4 Å². The van der Waals surface area contributed by atoms with E-state index in [2.05, 4.69) is 27.0 Å². The van der Waals surface area contributed by atoms with Gasteiger partial charge in [0.05, 0.1) is 5.52 Å². The molecule has 1 aromatic carbocycles. The van der Waals surface area contributed by atoms with E-state index >= 15 is 0 Å². The summed E-state index contributed by atoms with van der Waals surface area (Å²) in [5.74, 6) is 0. The zero-order valence-corrected chi connectivity index (χ0v) is 10.3. The van der Waals surface area contributed by atoms with Gasteiger partial charge in [0.2, 0.25) is 0 Å². The number of fused-ring (bicyclic) bond motifs is 1. The first-order chi connectivity index (χ1) is 6.59. The average molecular weight is 271 g/mol. The summed E-state index contributed by atoms with van der Waals surface area (Å²) < 4.78 is 1.07. The van der Waals surface area contributed by atoms with Gasteiger partial charge in [-0.3, -0.25) is 0 Å². The fraction of sp³-hybridized carbons (Fsp3) is 0.182. The number of aryl methyl sites for hydroxylation is 2. The van der Waals surface area contributed by atoms with Gasteiger partial charge in [0.25, 0.3) is 0 Å². The zero-order valence-electron chi connectivity index (χ0n) is 7.94. The van der Waals surface area contributed by atoms with Crippen LogP contribution in [0.3, 0.4) is 0 Å². The van der Waals surface area contributed by atoms with Gasteiger partial charge < -0.3 is 0 Å². The Morgan fingerprint density at radius 3 is 2.71 bits per heavy atom. The second-order valence-electron chi connectivity index (χ2n) is 3.33. The van der Waals surface area contributed by atoms with Gasteiger partial charge in [0.15, 0.2) is 0 Å². The van der Waals surface area contributed by atoms with E-state index in [0.717, 1.165) is 26.5 Å². The lowest BCUT2D eigenvalue weighted by Gasteiger charge is -2.06. The van der Waals surface area contributed by atoms with Crippen LogP contribution in [0.15, 0.2) is 22.7 Å². The van der Waals surface area contributed by atoms with E-state index in [1.54, 1.807) is 0 Å². The molecule has 0 aliphatic carbocycles. The van der Waals surface area contributed by atoms with Crippen LogP contribution in [0.1, 0.15) is 11.1 Å². The normalized spacial score (nSPS) is 10.9. The molecule has 0 aliphatic rings. The van der Waals surface area contributed by atoms with E-state index in [1.165, 1.54) is 0 Å². The monoisotopic (exact) mass is 269 g/mol. The summed E-state index contributed by atoms with van der Waals surface area (Å²) in [5.41, 5.74) is 3.27. The first kappa shape index (κ1) is 9.94. The van der Waals surface area contributed by atoms with Gasteiger partial charge in [-0.1, -0.05) is 33.6 Å². The Balaban J connectivity index is 2.95. The second-order valence-corrected chi connectivity index (χ2v) is 4.57. The molecule has 0 aliphatic heterocycles. The summed E-state index contributed by atoms with van der Waals surface area (Å²) in [5, 5.41) is 1.71. The maximum Gasteiger partial charge on any atom is 0.130 e. The molecule has 1 nitrogen and oxygen atoms in total. The third kappa shape index (κ3) is 1.53. The Morgan fingerprint density at radius 1 is 1.29 bits per heavy atom. The minimum atomic E-state index is 0.552. The molecule has 0 amide bonds. The largest absolute Gasteiger partial charge is 0.236 e. The third-order valence-corrected chi connectivity index (χ3v) is 3.40. The smallest absolute Gasteiger partial charge is 0.130 e. The highest BCUT2D eigenvalue weighted by atomic mass is 79.9. The summed E-state index contributed by atoms with van der Waals surface area (Å²) in [4.78, 5) is 4.33. The highest BCUT2D eigenvalue weighted by molar-refractivity contribution is 9.10. The number of halogens is 2. The molecule has 0 radical (unpaired) electrons. The highest BCUT2D eigenvalue weighted by Crippen LogP contribution is 2.27. The molecule has 0 fully saturated rings. The van der Waals surface area contributed by atoms with Crippen molar-refractivity contribution in [3.05, 3.63) is 39.0 Å². The van der Waals surface area contributed by atoms with Gasteiger partial charge in [0.1, 0.15) is 5.15 Å². The molecular formula is C11H9BrClN. The van der Waals surface area contributed by atoms with Crippen molar-refractivity contribution in [2.45, 2.75) is 13.8 Å². The summed E-state index contributed by atoms with van der Waals surface area (Å²) in [7, 11) is 0. The molecule has 0 saturated heterocycles. The van der Waals surface area contributed by atoms with Crippen molar-refractivity contribution < 1.29 is 0 Å². The number of hydrogen-bond donors (Lipinski definition) is 0. The first-order valence-electron chi connectivity index (χ1n) is 4.31. The molecule has 0 N–H and O–H groups in total. The van der Waals surface area contributed by atoms with Crippen LogP contribution in [-0.2, 0) is 0 Å². The molecule has 14 heavy (non-hydrogen) atoms. The Bertz CT molecular complexity index is 508. The molecule has 0 spiro atoms. The van der Waals surface area contributed by atoms with Crippen LogP contribution in [0, 0.1) is 13.8 Å². The van der Waals surface area contributed by atoms with Crippen LogP contribution in [0.2, 0.25) is 5.15 Å². The highest BCUT2D eigenvalue weighted by Gasteiger charge is 2.06. The SMILES string of the molecule is Cc1cc(Cl)nc2c(C)c(Br)ccc12. The Labute approximate surface area is 96.2 Å². The second kappa shape index (κ2) is 3.52. The van der Waals surface area contributed by atoms with Crippen molar-refractivity contribution in [1.82, 2.24) is 4.98 Å². The number of nitrogens with zero attached hydrogens (tertiary/aromatic N) is 1. The minimum Gasteiger partial charge on any atom is -0.236 e. The summed E-state index contributed by atoms with van der Waals surface area (Å²) in [6, 6.07) is 5.99. The van der Waals surface area contributed by atoms with Crippen molar-refractivity contribution in [2.24, 2.45) is 0 Å². The molecule has 0 unspecified atom stereocenters. The van der Waals surface area contributed by atoms with Gasteiger partial charge in [0, 0.05) is 9.86 Å². The molecule has 1 aromatic heterocycles. The third-order valence-electron chi connectivity index (χ3n) is 2.34. The predicted molar refractivity (Wildman–Crippen MR) is 63.9 cm³/mol. The first-order valence-corrected chi connectivity index (χ1v) is 5.48. The number of pyridine rings is 1. The lowest BCUT2D eigenvalue weighted by molar-refractivity contribution is 1.32. The number of aromatic nitrogens is 1. The van der Waals surface area contributed by atoms with Crippen LogP contribution in [0.25, 0.3) is 10.9 Å². The maximum absolute atomic E-state index is 5.92. The number of hydrogen-bond acceptors (Lipinski definition) is 1. The molecule has 3 heteroatoms. The fourth-order valence-corrected chi connectivity index (χ4v) is 2.10. The predicted octanol–water partition coefficient (Wildman–Crippen LogP) is 4.27. The lowest BCUT2D eigenvalue weighted by atomic mass is 10.1. The van der Waals surface area contributed by atoms with Crippen molar-refractivity contribution in [3.63, 3.8) is 0 Å². The van der Waals surface area contributed by atoms with E-state index < -0.39 is 0 Å². The van der Waals surface area contributed by atoms with Crippen molar-refractivity contribution in [2.75, 3.05) is 0 Å². The average Bonchev–Trinajstić information content (AvgIpc) is 2.12. The van der Waals surface area contributed by atoms with E-state index in [1.807, 2.05) is 26.0 Å². The quantitative estimate of drug-likeness (QED) is 0.652. The van der Waals surface area contributed by atoms with E-state index in [0.29, 0.717) is 5.15 Å². The standard InChI is InChI=1S/C11H9BrClN/c1-6-5-10(13)14-11-7(2)9(12)4-3-8(6)11/h3-5H,1-2H3. The van der Waals surface area contributed by atoms with Gasteiger partial charge in [-0.05, 0) is 37.1 Å². The molecule has 2 rings (SSSR count). The van der Waals surface area contributed by atoms with Gasteiger partial charge >= 0.3 is 0 Å². The number of benzene rings is 1. The van der Waals surface area contributed by atoms with Gasteiger partial charge in [-0.2, -0.15) is 0 Å². The minimum absolute atomic E-state index is 0.552. The molecule has 72 valence electrons. The van der Waals surface area contributed by atoms with Crippen LogP contribution in [0.5, 0.6) is 0 Å². The van der Waals surface area contributed by atoms with E-state index in [4.69, 9.17) is 11.6 Å². The Morgan fingerprint density at radius 2 is 2.00 bits per heavy atom. The van der Waals surface area contributed by atoms with Gasteiger partial charge in [-0.25, -0.2) is 4.98 Å². The van der Waals surface area contributed by atoms with Crippen molar-refractivity contribution in [3.8, 4) is 0 Å². The molecule has 0 saturated carbocycles. The maximum atomic E-state index is 5.92. The summed E-state index contributed by atoms with van der Waals surface area (Å²) >= 11 is 9.40. The lowest BCUT2D eigenvalue weighted by Crippen LogP contribution is -1.88.